The van der Waals surface area contributed by atoms with Crippen molar-refractivity contribution >= 4 is 17.3 Å². The van der Waals surface area contributed by atoms with Crippen LogP contribution in [0.4, 0.5) is 18.9 Å². The minimum Gasteiger partial charge on any atom is -0.399 e. The quantitative estimate of drug-likeness (QED) is 0.819. The van der Waals surface area contributed by atoms with Crippen LogP contribution in [-0.2, 0) is 5.72 Å². The van der Waals surface area contributed by atoms with Gasteiger partial charge in [0.25, 0.3) is 5.91 Å². The number of alkyl halides is 3. The molecule has 0 fully saturated rings. The molecule has 0 aliphatic carbocycles. The van der Waals surface area contributed by atoms with Crippen LogP contribution in [0.15, 0.2) is 59.7 Å². The molecule has 8 heteroatoms. The molecule has 1 aliphatic heterocycles. The molecule has 0 bridgehead atoms. The maximum absolute atomic E-state index is 13.1. The molecule has 1 amide bonds. The van der Waals surface area contributed by atoms with E-state index < -0.39 is 29.9 Å². The van der Waals surface area contributed by atoms with E-state index in [1.165, 1.54) is 36.4 Å². The molecule has 0 saturated carbocycles. The van der Waals surface area contributed by atoms with E-state index in [4.69, 9.17) is 5.73 Å². The number of aliphatic hydroxyl groups is 1. The topological polar surface area (TPSA) is 78.9 Å². The molecule has 3 N–H and O–H groups in total. The number of amides is 1. The van der Waals surface area contributed by atoms with E-state index in [1.54, 1.807) is 18.2 Å². The molecule has 1 atom stereocenters. The summed E-state index contributed by atoms with van der Waals surface area (Å²) in [7, 11) is 0. The average molecular weight is 349 g/mol. The van der Waals surface area contributed by atoms with Gasteiger partial charge >= 0.3 is 6.18 Å². The number of halogens is 3. The predicted octanol–water partition coefficient (Wildman–Crippen LogP) is 2.88. The number of anilines is 1. The molecule has 1 heterocycles. The third kappa shape index (κ3) is 3.08. The van der Waals surface area contributed by atoms with Crippen molar-refractivity contribution in [1.82, 2.24) is 5.01 Å². The zero-order valence-corrected chi connectivity index (χ0v) is 12.9. The highest BCUT2D eigenvalue weighted by atomic mass is 19.4. The highest BCUT2D eigenvalue weighted by molar-refractivity contribution is 6.00. The van der Waals surface area contributed by atoms with Gasteiger partial charge in [0.1, 0.15) is 5.71 Å². The molecule has 0 saturated heterocycles. The second kappa shape index (κ2) is 5.89. The van der Waals surface area contributed by atoms with E-state index in [1.807, 2.05) is 0 Å². The lowest BCUT2D eigenvalue weighted by Gasteiger charge is -2.31. The van der Waals surface area contributed by atoms with Crippen molar-refractivity contribution in [3.63, 3.8) is 0 Å². The number of nitrogens with zero attached hydrogens (tertiary/aromatic N) is 2. The molecule has 1 unspecified atom stereocenters. The Morgan fingerprint density at radius 2 is 1.72 bits per heavy atom. The lowest BCUT2D eigenvalue weighted by atomic mass is 9.96. The summed E-state index contributed by atoms with van der Waals surface area (Å²) < 4.78 is 39.3. The van der Waals surface area contributed by atoms with Gasteiger partial charge in [-0.3, -0.25) is 4.79 Å². The Bertz CT molecular complexity index is 819. The van der Waals surface area contributed by atoms with Crippen LogP contribution in [0.5, 0.6) is 0 Å². The Morgan fingerprint density at radius 3 is 2.28 bits per heavy atom. The van der Waals surface area contributed by atoms with Crippen LogP contribution in [-0.4, -0.2) is 27.9 Å². The number of nitrogen functional groups attached to an aromatic ring is 1. The Balaban J connectivity index is 2.06. The van der Waals surface area contributed by atoms with E-state index >= 15 is 0 Å². The van der Waals surface area contributed by atoms with Crippen molar-refractivity contribution in [2.24, 2.45) is 5.10 Å². The van der Waals surface area contributed by atoms with E-state index in [-0.39, 0.29) is 11.1 Å². The highest BCUT2D eigenvalue weighted by Crippen LogP contribution is 2.40. The summed E-state index contributed by atoms with van der Waals surface area (Å²) in [6.07, 6.45) is -5.60. The molecule has 25 heavy (non-hydrogen) atoms. The van der Waals surface area contributed by atoms with Gasteiger partial charge in [-0.2, -0.15) is 23.3 Å². The standard InChI is InChI=1S/C17H14F3N3O2/c18-17(19,20)14-10-16(25,12-4-2-1-3-5-12)23(22-14)15(24)11-6-8-13(21)9-7-11/h1-9,25H,10,21H2. The Morgan fingerprint density at radius 1 is 1.12 bits per heavy atom. The fourth-order valence-electron chi connectivity index (χ4n) is 2.59. The fourth-order valence-corrected chi connectivity index (χ4v) is 2.59. The van der Waals surface area contributed by atoms with Crippen LogP contribution in [0.1, 0.15) is 22.3 Å². The summed E-state index contributed by atoms with van der Waals surface area (Å²) in [5.41, 5.74) is 2.72. The number of hydrogen-bond acceptors (Lipinski definition) is 4. The normalized spacial score (nSPS) is 20.5. The third-order valence-corrected chi connectivity index (χ3v) is 3.90. The van der Waals surface area contributed by atoms with Crippen LogP contribution in [0.3, 0.4) is 0 Å². The molecule has 130 valence electrons. The van der Waals surface area contributed by atoms with Gasteiger partial charge in [0.15, 0.2) is 5.72 Å². The molecular weight excluding hydrogens is 335 g/mol. The van der Waals surface area contributed by atoms with Crippen molar-refractivity contribution < 1.29 is 23.1 Å². The Labute approximate surface area is 141 Å². The van der Waals surface area contributed by atoms with Crippen molar-refractivity contribution in [3.05, 3.63) is 65.7 Å². The number of nitrogens with two attached hydrogens (primary N) is 1. The first-order chi connectivity index (χ1) is 11.7. The largest absolute Gasteiger partial charge is 0.431 e. The number of hydrazone groups is 1. The summed E-state index contributed by atoms with van der Waals surface area (Å²) in [6.45, 7) is 0. The molecule has 1 aliphatic rings. The zero-order valence-electron chi connectivity index (χ0n) is 12.9. The third-order valence-electron chi connectivity index (χ3n) is 3.90. The van der Waals surface area contributed by atoms with Gasteiger partial charge in [0, 0.05) is 16.8 Å². The molecule has 2 aromatic carbocycles. The number of carbonyl (C=O) groups is 1. The van der Waals surface area contributed by atoms with Gasteiger partial charge in [0.2, 0.25) is 0 Å². The lowest BCUT2D eigenvalue weighted by molar-refractivity contribution is -0.0816. The summed E-state index contributed by atoms with van der Waals surface area (Å²) >= 11 is 0. The first-order valence-corrected chi connectivity index (χ1v) is 7.34. The molecule has 0 spiro atoms. The summed E-state index contributed by atoms with van der Waals surface area (Å²) in [6, 6.07) is 13.3. The summed E-state index contributed by atoms with van der Waals surface area (Å²) in [4.78, 5) is 12.7. The van der Waals surface area contributed by atoms with Crippen LogP contribution in [0.2, 0.25) is 0 Å². The maximum atomic E-state index is 13.1. The summed E-state index contributed by atoms with van der Waals surface area (Å²) in [5, 5.41) is 14.8. The van der Waals surface area contributed by atoms with Crippen LogP contribution in [0.25, 0.3) is 0 Å². The van der Waals surface area contributed by atoms with Crippen LogP contribution < -0.4 is 5.73 Å². The fraction of sp³-hybridized carbons (Fsp3) is 0.176. The number of rotatable bonds is 2. The molecule has 3 rings (SSSR count). The average Bonchev–Trinajstić information content (AvgIpc) is 2.95. The second-order valence-corrected chi connectivity index (χ2v) is 5.64. The minimum atomic E-state index is -4.75. The maximum Gasteiger partial charge on any atom is 0.431 e. The van der Waals surface area contributed by atoms with E-state index in [0.717, 1.165) is 0 Å². The van der Waals surface area contributed by atoms with E-state index in [2.05, 4.69) is 5.10 Å². The van der Waals surface area contributed by atoms with E-state index in [0.29, 0.717) is 10.7 Å². The number of carbonyl (C=O) groups excluding carboxylic acids is 1. The zero-order chi connectivity index (χ0) is 18.2. The second-order valence-electron chi connectivity index (χ2n) is 5.64. The molecular formula is C17H14F3N3O2. The van der Waals surface area contributed by atoms with Gasteiger partial charge in [-0.15, -0.1) is 0 Å². The predicted molar refractivity (Wildman–Crippen MR) is 85.5 cm³/mol. The minimum absolute atomic E-state index is 0.0655. The number of hydrogen-bond donors (Lipinski definition) is 2. The summed E-state index contributed by atoms with van der Waals surface area (Å²) in [5.74, 6) is -0.856. The molecule has 2 aromatic rings. The first-order valence-electron chi connectivity index (χ1n) is 7.34. The van der Waals surface area contributed by atoms with Crippen molar-refractivity contribution in [1.29, 1.82) is 0 Å². The van der Waals surface area contributed by atoms with Crippen LogP contribution >= 0.6 is 0 Å². The molecule has 0 aromatic heterocycles. The van der Waals surface area contributed by atoms with Crippen molar-refractivity contribution in [2.75, 3.05) is 5.73 Å². The monoisotopic (exact) mass is 349 g/mol. The van der Waals surface area contributed by atoms with Crippen molar-refractivity contribution in [3.8, 4) is 0 Å². The molecule has 0 radical (unpaired) electrons. The highest BCUT2D eigenvalue weighted by Gasteiger charge is 2.53. The Hall–Kier alpha value is -2.87. The van der Waals surface area contributed by atoms with Gasteiger partial charge in [-0.05, 0) is 24.3 Å². The van der Waals surface area contributed by atoms with E-state index in [9.17, 15) is 23.1 Å². The first kappa shape index (κ1) is 17.0. The van der Waals surface area contributed by atoms with Gasteiger partial charge in [-0.25, -0.2) is 0 Å². The van der Waals surface area contributed by atoms with Crippen molar-refractivity contribution in [2.45, 2.75) is 18.3 Å². The van der Waals surface area contributed by atoms with Crippen LogP contribution in [0, 0.1) is 0 Å². The SMILES string of the molecule is Nc1ccc(C(=O)N2N=C(C(F)(F)F)CC2(O)c2ccccc2)cc1. The van der Waals surface area contributed by atoms with Gasteiger partial charge in [-0.1, -0.05) is 30.3 Å². The smallest absolute Gasteiger partial charge is 0.399 e. The van der Waals surface area contributed by atoms with Gasteiger partial charge in [0.05, 0.1) is 6.42 Å². The lowest BCUT2D eigenvalue weighted by Crippen LogP contribution is -2.43. The Kier molecular flexibility index (Phi) is 4.00. The number of benzene rings is 2. The molecule has 5 nitrogen and oxygen atoms in total. The van der Waals surface area contributed by atoms with Gasteiger partial charge < -0.3 is 10.8 Å².